The van der Waals surface area contributed by atoms with Crippen LogP contribution in [0.4, 0.5) is 0 Å². The van der Waals surface area contributed by atoms with Crippen LogP contribution in [0.15, 0.2) is 29.1 Å². The first-order chi connectivity index (χ1) is 8.00. The van der Waals surface area contributed by atoms with Gasteiger partial charge >= 0.3 is 59.1 Å². The van der Waals surface area contributed by atoms with Gasteiger partial charge in [-0.2, -0.15) is 0 Å². The molecule has 0 fully saturated rings. The van der Waals surface area contributed by atoms with Crippen LogP contribution in [-0.4, -0.2) is 11.9 Å². The van der Waals surface area contributed by atoms with Gasteiger partial charge in [0, 0.05) is 21.7 Å². The van der Waals surface area contributed by atoms with Gasteiger partial charge in [0.15, 0.2) is 5.43 Å². The molecule has 1 aromatic heterocycles. The molecule has 0 atom stereocenters. The summed E-state index contributed by atoms with van der Waals surface area (Å²) in [5.74, 6) is -2.97. The van der Waals surface area contributed by atoms with Crippen LogP contribution in [0.2, 0.25) is 0 Å². The van der Waals surface area contributed by atoms with Crippen LogP contribution in [0, 0.1) is 0 Å². The van der Waals surface area contributed by atoms with Gasteiger partial charge in [0.2, 0.25) is 0 Å². The van der Waals surface area contributed by atoms with E-state index in [0.717, 1.165) is 6.07 Å². The minimum atomic E-state index is -1.51. The molecule has 19 heavy (non-hydrogen) atoms. The third-order valence-corrected chi connectivity index (χ3v) is 3.32. The van der Waals surface area contributed by atoms with Gasteiger partial charge in [-0.05, 0) is 6.07 Å². The van der Waals surface area contributed by atoms with E-state index < -0.39 is 17.4 Å². The summed E-state index contributed by atoms with van der Waals surface area (Å²) in [6.07, 6.45) is 0. The first kappa shape index (κ1) is 18.8. The van der Waals surface area contributed by atoms with Crippen LogP contribution >= 0.6 is 11.3 Å². The van der Waals surface area contributed by atoms with Crippen molar-refractivity contribution in [1.29, 1.82) is 0 Å². The van der Waals surface area contributed by atoms with Crippen LogP contribution in [0.5, 0.6) is 0 Å². The Hall–Kier alpha value is -0.210. The van der Waals surface area contributed by atoms with Crippen molar-refractivity contribution in [3.8, 4) is 0 Å². The molecule has 0 spiro atoms. The number of rotatable bonds is 2. The predicted octanol–water partition coefficient (Wildman–Crippen LogP) is -7.00. The fraction of sp³-hybridized carbons (Fsp3) is 0. The van der Waals surface area contributed by atoms with E-state index in [1.165, 1.54) is 18.2 Å². The Kier molecular flexibility index (Phi) is 7.46. The number of hydrogen-bond donors (Lipinski definition) is 0. The number of aromatic carboxylic acids is 2. The summed E-state index contributed by atoms with van der Waals surface area (Å²) in [7, 11) is 0. The zero-order valence-electron chi connectivity index (χ0n) is 10.3. The topological polar surface area (TPSA) is 97.3 Å². The minimum absolute atomic E-state index is 0. The smallest absolute Gasteiger partial charge is 0.545 e. The Morgan fingerprint density at radius 3 is 2.21 bits per heavy atom. The number of carbonyl (C=O) groups is 2. The third kappa shape index (κ3) is 3.88. The predicted molar refractivity (Wildman–Crippen MR) is 56.8 cm³/mol. The molecule has 0 saturated carbocycles. The minimum Gasteiger partial charge on any atom is -0.545 e. The Labute approximate surface area is 155 Å². The SMILES string of the molecule is O=C([O-])c1cc(=O)c2cccc(C(=O)[O-])c2s1.[Na+].[Na+]. The summed E-state index contributed by atoms with van der Waals surface area (Å²) in [6, 6.07) is 5.01. The number of benzene rings is 1. The van der Waals surface area contributed by atoms with E-state index >= 15 is 0 Å². The summed E-state index contributed by atoms with van der Waals surface area (Å²) in [5.41, 5.74) is -0.756. The van der Waals surface area contributed by atoms with Crippen molar-refractivity contribution in [2.75, 3.05) is 0 Å². The van der Waals surface area contributed by atoms with Crippen molar-refractivity contribution in [3.05, 3.63) is 44.9 Å². The van der Waals surface area contributed by atoms with Crippen LogP contribution < -0.4 is 74.8 Å². The van der Waals surface area contributed by atoms with Gasteiger partial charge in [-0.15, -0.1) is 11.3 Å². The second-order valence-corrected chi connectivity index (χ2v) is 4.28. The van der Waals surface area contributed by atoms with Crippen molar-refractivity contribution in [2.45, 2.75) is 0 Å². The van der Waals surface area contributed by atoms with Crippen molar-refractivity contribution in [2.24, 2.45) is 0 Å². The van der Waals surface area contributed by atoms with Gasteiger partial charge in [-0.1, -0.05) is 12.1 Å². The van der Waals surface area contributed by atoms with Crippen molar-refractivity contribution < 1.29 is 78.9 Å². The molecule has 0 radical (unpaired) electrons. The third-order valence-electron chi connectivity index (χ3n) is 2.18. The molecule has 0 amide bonds. The molecule has 1 aromatic carbocycles. The Balaban J connectivity index is 0.00000162. The van der Waals surface area contributed by atoms with E-state index in [9.17, 15) is 24.6 Å². The molecule has 0 aliphatic heterocycles. The zero-order chi connectivity index (χ0) is 12.6. The van der Waals surface area contributed by atoms with Crippen molar-refractivity contribution in [3.63, 3.8) is 0 Å². The van der Waals surface area contributed by atoms with Gasteiger partial charge in [0.1, 0.15) is 0 Å². The van der Waals surface area contributed by atoms with E-state index in [-0.39, 0.29) is 79.6 Å². The summed E-state index contributed by atoms with van der Waals surface area (Å²) in [5, 5.41) is 21.7. The second-order valence-electron chi connectivity index (χ2n) is 3.23. The molecule has 1 heterocycles. The summed E-state index contributed by atoms with van der Waals surface area (Å²) >= 11 is 0.681. The second kappa shape index (κ2) is 7.54. The van der Waals surface area contributed by atoms with Gasteiger partial charge in [0.05, 0.1) is 16.8 Å². The number of carbonyl (C=O) groups excluding carboxylic acids is 2. The Morgan fingerprint density at radius 2 is 1.68 bits per heavy atom. The molecule has 0 saturated heterocycles. The van der Waals surface area contributed by atoms with Gasteiger partial charge in [-0.25, -0.2) is 0 Å². The average molecular weight is 294 g/mol. The largest absolute Gasteiger partial charge is 1.00 e. The zero-order valence-corrected chi connectivity index (χ0v) is 15.1. The maximum absolute atomic E-state index is 11.6. The fourth-order valence-corrected chi connectivity index (χ4v) is 2.45. The normalized spacial score (nSPS) is 9.26. The summed E-state index contributed by atoms with van der Waals surface area (Å²) in [4.78, 5) is 32.8. The standard InChI is InChI=1S/C11H6O5S.2Na/c12-7-4-8(11(15)16)17-9-5(7)2-1-3-6(9)10(13)14;;/h1-4H,(H,13,14)(H,15,16);;/q;2*+1/p-2. The molecule has 0 bridgehead atoms. The van der Waals surface area contributed by atoms with E-state index in [1.54, 1.807) is 0 Å². The maximum atomic E-state index is 11.6. The molecule has 0 aliphatic rings. The van der Waals surface area contributed by atoms with Crippen LogP contribution in [-0.2, 0) is 0 Å². The number of carboxylic acid groups (broad SMARTS) is 2. The van der Waals surface area contributed by atoms with E-state index in [4.69, 9.17) is 0 Å². The molecular formula is C11H4Na2O5S. The molecule has 0 unspecified atom stereocenters. The van der Waals surface area contributed by atoms with Crippen molar-refractivity contribution in [1.82, 2.24) is 0 Å². The molecule has 0 N–H and O–H groups in total. The van der Waals surface area contributed by atoms with Gasteiger partial charge < -0.3 is 19.8 Å². The molecule has 8 heteroatoms. The molecule has 5 nitrogen and oxygen atoms in total. The van der Waals surface area contributed by atoms with Gasteiger partial charge in [-0.3, -0.25) is 4.79 Å². The molecular weight excluding hydrogens is 290 g/mol. The van der Waals surface area contributed by atoms with Crippen molar-refractivity contribution >= 4 is 33.4 Å². The summed E-state index contributed by atoms with van der Waals surface area (Å²) < 4.78 is 0.0826. The first-order valence-electron chi connectivity index (χ1n) is 4.50. The van der Waals surface area contributed by atoms with E-state index in [1.807, 2.05) is 0 Å². The van der Waals surface area contributed by atoms with E-state index in [0.29, 0.717) is 11.3 Å². The monoisotopic (exact) mass is 294 g/mol. The molecule has 86 valence electrons. The quantitative estimate of drug-likeness (QED) is 0.513. The number of carboxylic acids is 2. The molecule has 0 aliphatic carbocycles. The average Bonchev–Trinajstić information content (AvgIpc) is 2.27. The van der Waals surface area contributed by atoms with Crippen LogP contribution in [0.3, 0.4) is 0 Å². The van der Waals surface area contributed by atoms with Gasteiger partial charge in [0.25, 0.3) is 0 Å². The Morgan fingerprint density at radius 1 is 1.05 bits per heavy atom. The number of hydrogen-bond acceptors (Lipinski definition) is 6. The number of fused-ring (bicyclic) bond motifs is 1. The van der Waals surface area contributed by atoms with Crippen LogP contribution in [0.1, 0.15) is 20.0 Å². The Bertz CT molecular complexity index is 695. The summed E-state index contributed by atoms with van der Waals surface area (Å²) in [6.45, 7) is 0. The molecule has 2 aromatic rings. The fourth-order valence-electron chi connectivity index (χ4n) is 1.44. The maximum Gasteiger partial charge on any atom is 1.00 e. The molecule has 2 rings (SSSR count). The first-order valence-corrected chi connectivity index (χ1v) is 5.32. The van der Waals surface area contributed by atoms with Crippen LogP contribution in [0.25, 0.3) is 10.1 Å². The van der Waals surface area contributed by atoms with E-state index in [2.05, 4.69) is 0 Å².